The van der Waals surface area contributed by atoms with Gasteiger partial charge >= 0.3 is 0 Å². The number of carbonyl (C=O) groups excluding carboxylic acids is 1. The molecule has 1 saturated heterocycles. The summed E-state index contributed by atoms with van der Waals surface area (Å²) in [6.07, 6.45) is 2.82. The van der Waals surface area contributed by atoms with E-state index in [9.17, 15) is 9.90 Å². The normalized spacial score (nSPS) is 15.0. The third kappa shape index (κ3) is 2.97. The molecule has 2 heterocycles. The Labute approximate surface area is 123 Å². The highest BCUT2D eigenvalue weighted by Crippen LogP contribution is 2.17. The van der Waals surface area contributed by atoms with Crippen LogP contribution in [0.5, 0.6) is 5.75 Å². The van der Waals surface area contributed by atoms with Gasteiger partial charge in [0.05, 0.1) is 11.8 Å². The van der Waals surface area contributed by atoms with Gasteiger partial charge in [-0.3, -0.25) is 9.78 Å². The summed E-state index contributed by atoms with van der Waals surface area (Å²) >= 11 is 0. The van der Waals surface area contributed by atoms with Crippen LogP contribution in [0.15, 0.2) is 48.8 Å². The Morgan fingerprint density at radius 3 is 2.43 bits per heavy atom. The number of piperazine rings is 1. The van der Waals surface area contributed by atoms with E-state index in [-0.39, 0.29) is 11.7 Å². The maximum absolute atomic E-state index is 12.4. The number of pyridine rings is 1. The lowest BCUT2D eigenvalue weighted by molar-refractivity contribution is 0.0746. The minimum atomic E-state index is -0.0777. The maximum atomic E-state index is 12.4. The minimum Gasteiger partial charge on any atom is -0.506 e. The van der Waals surface area contributed by atoms with Gasteiger partial charge in [0.25, 0.3) is 5.91 Å². The highest BCUT2D eigenvalue weighted by atomic mass is 16.3. The first-order valence-corrected chi connectivity index (χ1v) is 6.97. The molecule has 21 heavy (non-hydrogen) atoms. The van der Waals surface area contributed by atoms with E-state index in [2.05, 4.69) is 22.0 Å². The van der Waals surface area contributed by atoms with Gasteiger partial charge < -0.3 is 14.9 Å². The van der Waals surface area contributed by atoms with Crippen LogP contribution in [0, 0.1) is 0 Å². The summed E-state index contributed by atoms with van der Waals surface area (Å²) in [4.78, 5) is 20.3. The lowest BCUT2D eigenvalue weighted by atomic mass is 10.2. The molecular formula is C16H17N3O2. The second-order valence-corrected chi connectivity index (χ2v) is 5.05. The Hall–Kier alpha value is -2.56. The average Bonchev–Trinajstić information content (AvgIpc) is 2.55. The summed E-state index contributed by atoms with van der Waals surface area (Å²) in [6, 6.07) is 11.7. The molecule has 2 aromatic rings. The molecule has 0 saturated carbocycles. The van der Waals surface area contributed by atoms with Crippen molar-refractivity contribution in [1.29, 1.82) is 0 Å². The number of hydrogen-bond acceptors (Lipinski definition) is 4. The van der Waals surface area contributed by atoms with Crippen LogP contribution >= 0.6 is 0 Å². The van der Waals surface area contributed by atoms with Gasteiger partial charge in [0.2, 0.25) is 0 Å². The lowest BCUT2D eigenvalue weighted by Gasteiger charge is -2.36. The Bertz CT molecular complexity index is 622. The topological polar surface area (TPSA) is 56.7 Å². The van der Waals surface area contributed by atoms with E-state index in [1.807, 2.05) is 18.2 Å². The highest BCUT2D eigenvalue weighted by molar-refractivity contribution is 5.94. The zero-order valence-electron chi connectivity index (χ0n) is 11.6. The molecule has 1 N–H and O–H groups in total. The molecule has 1 amide bonds. The summed E-state index contributed by atoms with van der Waals surface area (Å²) in [5.41, 5.74) is 1.62. The van der Waals surface area contributed by atoms with Gasteiger partial charge in [0.15, 0.2) is 0 Å². The molecule has 108 valence electrons. The van der Waals surface area contributed by atoms with E-state index in [4.69, 9.17) is 0 Å². The van der Waals surface area contributed by atoms with E-state index in [0.717, 1.165) is 13.1 Å². The number of hydrogen-bond donors (Lipinski definition) is 1. The Morgan fingerprint density at radius 2 is 1.76 bits per heavy atom. The van der Waals surface area contributed by atoms with Crippen LogP contribution in [0.2, 0.25) is 0 Å². The van der Waals surface area contributed by atoms with Crippen LogP contribution in [0.25, 0.3) is 0 Å². The van der Waals surface area contributed by atoms with Gasteiger partial charge in [-0.1, -0.05) is 18.2 Å². The third-order valence-electron chi connectivity index (χ3n) is 3.66. The number of para-hydroxylation sites is 1. The zero-order chi connectivity index (χ0) is 14.7. The number of aromatic nitrogens is 1. The van der Waals surface area contributed by atoms with Crippen molar-refractivity contribution < 1.29 is 9.90 Å². The first-order valence-electron chi connectivity index (χ1n) is 6.97. The van der Waals surface area contributed by atoms with Crippen LogP contribution in [0.3, 0.4) is 0 Å². The van der Waals surface area contributed by atoms with Crippen LogP contribution in [-0.4, -0.2) is 47.1 Å². The van der Waals surface area contributed by atoms with Crippen molar-refractivity contribution >= 4 is 11.6 Å². The van der Waals surface area contributed by atoms with E-state index in [1.54, 1.807) is 4.90 Å². The van der Waals surface area contributed by atoms with Gasteiger partial charge in [-0.15, -0.1) is 0 Å². The molecule has 1 aliphatic rings. The maximum Gasteiger partial charge on any atom is 0.255 e. The zero-order valence-corrected chi connectivity index (χ0v) is 11.6. The number of nitrogens with zero attached hydrogens (tertiary/aromatic N) is 3. The van der Waals surface area contributed by atoms with Gasteiger partial charge in [0, 0.05) is 38.1 Å². The van der Waals surface area contributed by atoms with Gasteiger partial charge in [-0.2, -0.15) is 0 Å². The van der Waals surface area contributed by atoms with Crippen LogP contribution in [0.1, 0.15) is 10.4 Å². The van der Waals surface area contributed by atoms with Crippen LogP contribution < -0.4 is 4.90 Å². The Balaban J connectivity index is 1.64. The summed E-state index contributed by atoms with van der Waals surface area (Å²) in [5.74, 6) is -0.0603. The molecule has 0 aliphatic carbocycles. The molecule has 0 spiro atoms. The van der Waals surface area contributed by atoms with E-state index < -0.39 is 0 Å². The molecule has 0 radical (unpaired) electrons. The number of rotatable bonds is 2. The fraction of sp³-hybridized carbons (Fsp3) is 0.250. The molecule has 5 nitrogen and oxygen atoms in total. The van der Waals surface area contributed by atoms with Crippen molar-refractivity contribution in [3.63, 3.8) is 0 Å². The molecule has 5 heteroatoms. The van der Waals surface area contributed by atoms with Crippen molar-refractivity contribution in [2.75, 3.05) is 31.1 Å². The molecule has 3 rings (SSSR count). The number of anilines is 1. The average molecular weight is 283 g/mol. The van der Waals surface area contributed by atoms with Crippen molar-refractivity contribution in [2.24, 2.45) is 0 Å². The smallest absolute Gasteiger partial charge is 0.255 e. The second kappa shape index (κ2) is 5.83. The summed E-state index contributed by atoms with van der Waals surface area (Å²) < 4.78 is 0. The van der Waals surface area contributed by atoms with Gasteiger partial charge in [-0.05, 0) is 18.2 Å². The summed E-state index contributed by atoms with van der Waals surface area (Å²) in [6.45, 7) is 2.96. The number of benzene rings is 1. The first kappa shape index (κ1) is 13.4. The van der Waals surface area contributed by atoms with Crippen molar-refractivity contribution in [3.8, 4) is 5.75 Å². The van der Waals surface area contributed by atoms with Crippen molar-refractivity contribution in [1.82, 2.24) is 9.88 Å². The summed E-state index contributed by atoms with van der Waals surface area (Å²) in [5, 5.41) is 9.41. The third-order valence-corrected chi connectivity index (χ3v) is 3.66. The molecule has 0 bridgehead atoms. The van der Waals surface area contributed by atoms with Crippen LogP contribution in [0.4, 0.5) is 5.69 Å². The lowest BCUT2D eigenvalue weighted by Crippen LogP contribution is -2.48. The van der Waals surface area contributed by atoms with Crippen molar-refractivity contribution in [3.05, 3.63) is 54.4 Å². The second-order valence-electron chi connectivity index (χ2n) is 5.05. The molecule has 1 fully saturated rings. The standard InChI is InChI=1S/C16H17N3O2/c20-15-10-13(11-17-12-15)16(21)19-8-6-18(7-9-19)14-4-2-1-3-5-14/h1-5,10-12,20H,6-9H2. The highest BCUT2D eigenvalue weighted by Gasteiger charge is 2.22. The van der Waals surface area contributed by atoms with E-state index in [0.29, 0.717) is 18.7 Å². The first-order chi connectivity index (χ1) is 10.2. The van der Waals surface area contributed by atoms with E-state index in [1.165, 1.54) is 24.1 Å². The fourth-order valence-electron chi connectivity index (χ4n) is 2.53. The molecule has 1 aliphatic heterocycles. The van der Waals surface area contributed by atoms with Gasteiger partial charge in [-0.25, -0.2) is 0 Å². The number of carbonyl (C=O) groups is 1. The molecule has 0 unspecified atom stereocenters. The van der Waals surface area contributed by atoms with E-state index >= 15 is 0 Å². The molecule has 0 atom stereocenters. The molecule has 1 aromatic carbocycles. The minimum absolute atomic E-state index is 0.0174. The monoisotopic (exact) mass is 283 g/mol. The Kier molecular flexibility index (Phi) is 3.73. The van der Waals surface area contributed by atoms with Crippen molar-refractivity contribution in [2.45, 2.75) is 0 Å². The SMILES string of the molecule is O=C(c1cncc(O)c1)N1CCN(c2ccccc2)CC1. The summed E-state index contributed by atoms with van der Waals surface area (Å²) in [7, 11) is 0. The number of amides is 1. The Morgan fingerprint density at radius 1 is 1.05 bits per heavy atom. The largest absolute Gasteiger partial charge is 0.506 e. The van der Waals surface area contributed by atoms with Crippen LogP contribution in [-0.2, 0) is 0 Å². The number of aromatic hydroxyl groups is 1. The molecule has 1 aromatic heterocycles. The quantitative estimate of drug-likeness (QED) is 0.912. The van der Waals surface area contributed by atoms with Gasteiger partial charge in [0.1, 0.15) is 5.75 Å². The fourth-order valence-corrected chi connectivity index (χ4v) is 2.53. The molecular weight excluding hydrogens is 266 g/mol. The predicted molar refractivity (Wildman–Crippen MR) is 80.5 cm³/mol. The predicted octanol–water partition coefficient (Wildman–Crippen LogP) is 1.75.